The standard InChI is InChI=1S/C20H25N3O5/c1-14(2)8-10-28-17-7-6-15(11-18(17)26-3)12-22-23-20(25)19(24)21-13-16-5-4-9-27-16/h4-7,9,11-12,14H,8,10,13H2,1-3H3,(H,21,24)(H,23,25)/b22-12+. The van der Waals surface area contributed by atoms with Crippen LogP contribution in [0.1, 0.15) is 31.6 Å². The van der Waals surface area contributed by atoms with Gasteiger partial charge in [-0.25, -0.2) is 5.43 Å². The lowest BCUT2D eigenvalue weighted by Gasteiger charge is -2.12. The number of hydrogen-bond acceptors (Lipinski definition) is 6. The van der Waals surface area contributed by atoms with E-state index >= 15 is 0 Å². The Morgan fingerprint density at radius 2 is 2.04 bits per heavy atom. The summed E-state index contributed by atoms with van der Waals surface area (Å²) in [6, 6.07) is 8.68. The Balaban J connectivity index is 1.85. The predicted molar refractivity (Wildman–Crippen MR) is 104 cm³/mol. The second-order valence-electron chi connectivity index (χ2n) is 6.40. The highest BCUT2D eigenvalue weighted by atomic mass is 16.5. The average molecular weight is 387 g/mol. The minimum atomic E-state index is -0.872. The molecule has 2 aromatic rings. The number of carbonyl (C=O) groups is 2. The Morgan fingerprint density at radius 1 is 1.21 bits per heavy atom. The van der Waals surface area contributed by atoms with Crippen LogP contribution >= 0.6 is 0 Å². The summed E-state index contributed by atoms with van der Waals surface area (Å²) < 4.78 is 16.1. The third-order valence-corrected chi connectivity index (χ3v) is 3.73. The molecule has 1 aromatic heterocycles. The van der Waals surface area contributed by atoms with E-state index in [4.69, 9.17) is 13.9 Å². The summed E-state index contributed by atoms with van der Waals surface area (Å²) in [6.07, 6.45) is 3.85. The van der Waals surface area contributed by atoms with Crippen LogP contribution < -0.4 is 20.2 Å². The molecule has 0 fully saturated rings. The largest absolute Gasteiger partial charge is 0.493 e. The molecule has 0 aliphatic rings. The topological polar surface area (TPSA) is 102 Å². The zero-order valence-electron chi connectivity index (χ0n) is 16.2. The number of methoxy groups -OCH3 is 1. The molecule has 8 nitrogen and oxygen atoms in total. The summed E-state index contributed by atoms with van der Waals surface area (Å²) in [5, 5.41) is 6.22. The fourth-order valence-electron chi connectivity index (χ4n) is 2.17. The van der Waals surface area contributed by atoms with Gasteiger partial charge in [-0.3, -0.25) is 9.59 Å². The summed E-state index contributed by atoms with van der Waals surface area (Å²) in [7, 11) is 1.55. The molecular weight excluding hydrogens is 362 g/mol. The van der Waals surface area contributed by atoms with Gasteiger partial charge in [0.25, 0.3) is 0 Å². The summed E-state index contributed by atoms with van der Waals surface area (Å²) in [5.41, 5.74) is 2.86. The molecule has 0 atom stereocenters. The summed E-state index contributed by atoms with van der Waals surface area (Å²) in [6.45, 7) is 4.99. The van der Waals surface area contributed by atoms with Gasteiger partial charge in [0.15, 0.2) is 11.5 Å². The highest BCUT2D eigenvalue weighted by Gasteiger charge is 2.12. The molecule has 0 radical (unpaired) electrons. The smallest absolute Gasteiger partial charge is 0.329 e. The Labute approximate surface area is 163 Å². The lowest BCUT2D eigenvalue weighted by atomic mass is 10.1. The number of amides is 2. The number of nitrogens with one attached hydrogen (secondary N) is 2. The van der Waals surface area contributed by atoms with Crippen molar-refractivity contribution >= 4 is 18.0 Å². The van der Waals surface area contributed by atoms with E-state index < -0.39 is 11.8 Å². The minimum Gasteiger partial charge on any atom is -0.493 e. The summed E-state index contributed by atoms with van der Waals surface area (Å²) in [4.78, 5) is 23.4. The van der Waals surface area contributed by atoms with Crippen molar-refractivity contribution in [2.45, 2.75) is 26.8 Å². The molecule has 0 aliphatic heterocycles. The van der Waals surface area contributed by atoms with Crippen LogP contribution in [0, 0.1) is 5.92 Å². The van der Waals surface area contributed by atoms with Crippen LogP contribution in [0.15, 0.2) is 46.1 Å². The van der Waals surface area contributed by atoms with Gasteiger partial charge in [-0.1, -0.05) is 13.8 Å². The molecule has 1 heterocycles. The van der Waals surface area contributed by atoms with E-state index in [0.29, 0.717) is 35.3 Å². The third-order valence-electron chi connectivity index (χ3n) is 3.73. The van der Waals surface area contributed by atoms with Crippen molar-refractivity contribution < 1.29 is 23.5 Å². The SMILES string of the molecule is COc1cc(/C=N/NC(=O)C(=O)NCc2ccco2)ccc1OCCC(C)C. The lowest BCUT2D eigenvalue weighted by Crippen LogP contribution is -2.37. The second kappa shape index (κ2) is 10.8. The van der Waals surface area contributed by atoms with Gasteiger partial charge in [0.2, 0.25) is 0 Å². The van der Waals surface area contributed by atoms with Crippen LogP contribution in [0.2, 0.25) is 0 Å². The van der Waals surface area contributed by atoms with E-state index in [1.165, 1.54) is 12.5 Å². The van der Waals surface area contributed by atoms with Crippen LogP contribution in [0.4, 0.5) is 0 Å². The first-order valence-corrected chi connectivity index (χ1v) is 8.94. The van der Waals surface area contributed by atoms with Gasteiger partial charge in [0.05, 0.1) is 32.7 Å². The zero-order valence-corrected chi connectivity index (χ0v) is 16.2. The monoisotopic (exact) mass is 387 g/mol. The number of hydrogen-bond donors (Lipinski definition) is 2. The maximum absolute atomic E-state index is 11.7. The Morgan fingerprint density at radius 3 is 2.71 bits per heavy atom. The van der Waals surface area contributed by atoms with Crippen molar-refractivity contribution in [3.63, 3.8) is 0 Å². The third kappa shape index (κ3) is 6.79. The number of furan rings is 1. The first-order valence-electron chi connectivity index (χ1n) is 8.94. The van der Waals surface area contributed by atoms with Gasteiger partial charge in [-0.2, -0.15) is 5.10 Å². The van der Waals surface area contributed by atoms with E-state index in [1.807, 2.05) is 0 Å². The second-order valence-corrected chi connectivity index (χ2v) is 6.40. The maximum atomic E-state index is 11.7. The van der Waals surface area contributed by atoms with E-state index in [0.717, 1.165) is 6.42 Å². The zero-order chi connectivity index (χ0) is 20.4. The Kier molecular flexibility index (Phi) is 8.08. The summed E-state index contributed by atoms with van der Waals surface area (Å²) >= 11 is 0. The molecule has 2 rings (SSSR count). The van der Waals surface area contributed by atoms with Crippen molar-refractivity contribution in [3.8, 4) is 11.5 Å². The maximum Gasteiger partial charge on any atom is 0.329 e. The molecule has 0 unspecified atom stereocenters. The molecule has 1 aromatic carbocycles. The van der Waals surface area contributed by atoms with Crippen molar-refractivity contribution in [3.05, 3.63) is 47.9 Å². The molecule has 0 aliphatic carbocycles. The quantitative estimate of drug-likeness (QED) is 0.391. The van der Waals surface area contributed by atoms with Crippen LogP contribution in [0.25, 0.3) is 0 Å². The van der Waals surface area contributed by atoms with Crippen molar-refractivity contribution in [1.82, 2.24) is 10.7 Å². The van der Waals surface area contributed by atoms with E-state index in [-0.39, 0.29) is 6.54 Å². The van der Waals surface area contributed by atoms with Gasteiger partial charge in [0.1, 0.15) is 5.76 Å². The van der Waals surface area contributed by atoms with Crippen LogP contribution in [-0.4, -0.2) is 31.7 Å². The number of nitrogens with zero attached hydrogens (tertiary/aromatic N) is 1. The fraction of sp³-hybridized carbons (Fsp3) is 0.350. The fourth-order valence-corrected chi connectivity index (χ4v) is 2.17. The van der Waals surface area contributed by atoms with E-state index in [2.05, 4.69) is 29.7 Å². The molecule has 0 spiro atoms. The number of carbonyl (C=O) groups excluding carboxylic acids is 2. The highest BCUT2D eigenvalue weighted by molar-refractivity contribution is 6.35. The molecule has 0 saturated heterocycles. The van der Waals surface area contributed by atoms with Crippen molar-refractivity contribution in [1.29, 1.82) is 0 Å². The predicted octanol–water partition coefficient (Wildman–Crippen LogP) is 2.48. The molecule has 28 heavy (non-hydrogen) atoms. The Hall–Kier alpha value is -3.29. The number of rotatable bonds is 9. The first-order chi connectivity index (χ1) is 13.5. The molecule has 2 amide bonds. The van der Waals surface area contributed by atoms with Gasteiger partial charge >= 0.3 is 11.8 Å². The average Bonchev–Trinajstić information content (AvgIpc) is 3.20. The van der Waals surface area contributed by atoms with Crippen molar-refractivity contribution in [2.24, 2.45) is 11.0 Å². The summed E-state index contributed by atoms with van der Waals surface area (Å²) in [5.74, 6) is 0.630. The molecule has 0 bridgehead atoms. The van der Waals surface area contributed by atoms with Crippen LogP contribution in [0.5, 0.6) is 11.5 Å². The van der Waals surface area contributed by atoms with E-state index in [9.17, 15) is 9.59 Å². The Bertz CT molecular complexity index is 800. The molecular formula is C20H25N3O5. The lowest BCUT2D eigenvalue weighted by molar-refractivity contribution is -0.139. The van der Waals surface area contributed by atoms with Crippen molar-refractivity contribution in [2.75, 3.05) is 13.7 Å². The first kappa shape index (κ1) is 21.0. The molecule has 8 heteroatoms. The molecule has 150 valence electrons. The molecule has 2 N–H and O–H groups in total. The normalized spacial score (nSPS) is 10.9. The molecule has 0 saturated carbocycles. The van der Waals surface area contributed by atoms with Crippen LogP contribution in [-0.2, 0) is 16.1 Å². The highest BCUT2D eigenvalue weighted by Crippen LogP contribution is 2.27. The number of benzene rings is 1. The van der Waals surface area contributed by atoms with Crippen LogP contribution in [0.3, 0.4) is 0 Å². The minimum absolute atomic E-state index is 0.123. The van der Waals surface area contributed by atoms with Gasteiger partial charge < -0.3 is 19.2 Å². The number of hydrazone groups is 1. The number of ether oxygens (including phenoxy) is 2. The van der Waals surface area contributed by atoms with Gasteiger partial charge in [-0.05, 0) is 48.2 Å². The van der Waals surface area contributed by atoms with Gasteiger partial charge in [0, 0.05) is 0 Å². The van der Waals surface area contributed by atoms with E-state index in [1.54, 1.807) is 37.4 Å². The van der Waals surface area contributed by atoms with Gasteiger partial charge in [-0.15, -0.1) is 0 Å².